The van der Waals surface area contributed by atoms with E-state index in [1.165, 1.54) is 6.42 Å². The summed E-state index contributed by atoms with van der Waals surface area (Å²) in [7, 11) is 1.72. The molecule has 2 N–H and O–H groups in total. The van der Waals surface area contributed by atoms with Gasteiger partial charge in [-0.2, -0.15) is 0 Å². The van der Waals surface area contributed by atoms with Crippen LogP contribution in [0, 0.1) is 0 Å². The molecule has 1 heterocycles. The number of rotatable bonds is 6. The molecule has 104 valence electrons. The molecule has 1 amide bonds. The number of amides is 1. The third-order valence-corrected chi connectivity index (χ3v) is 4.14. The number of hydrogen-bond acceptors (Lipinski definition) is 4. The van der Waals surface area contributed by atoms with E-state index >= 15 is 0 Å². The third-order valence-electron chi connectivity index (χ3n) is 4.14. The predicted molar refractivity (Wildman–Crippen MR) is 70.5 cm³/mol. The first-order valence-corrected chi connectivity index (χ1v) is 6.99. The maximum atomic E-state index is 11.8. The molecule has 0 spiro atoms. The monoisotopic (exact) mass is 255 g/mol. The Kier molecular flexibility index (Phi) is 4.97. The summed E-state index contributed by atoms with van der Waals surface area (Å²) in [5, 5.41) is 6.33. The molecule has 0 aromatic carbocycles. The van der Waals surface area contributed by atoms with Crippen LogP contribution in [0.1, 0.15) is 25.7 Å². The summed E-state index contributed by atoms with van der Waals surface area (Å²) in [6.45, 7) is 5.98. The second-order valence-corrected chi connectivity index (χ2v) is 5.36. The van der Waals surface area contributed by atoms with Crippen LogP contribution in [0.2, 0.25) is 0 Å². The van der Waals surface area contributed by atoms with E-state index in [9.17, 15) is 4.79 Å². The van der Waals surface area contributed by atoms with E-state index in [0.29, 0.717) is 6.42 Å². The number of ether oxygens (including phenoxy) is 1. The first-order chi connectivity index (χ1) is 8.74. The van der Waals surface area contributed by atoms with Gasteiger partial charge in [-0.25, -0.2) is 0 Å². The third kappa shape index (κ3) is 3.67. The molecule has 1 saturated carbocycles. The van der Waals surface area contributed by atoms with Crippen LogP contribution in [0.4, 0.5) is 0 Å². The molecule has 1 aliphatic carbocycles. The van der Waals surface area contributed by atoms with Crippen LogP contribution in [0.15, 0.2) is 0 Å². The summed E-state index contributed by atoms with van der Waals surface area (Å²) in [5.41, 5.74) is -0.154. The first-order valence-electron chi connectivity index (χ1n) is 6.99. The SMILES string of the molecule is COC1(CC(=O)NCCN2CCNCC2)CCC1. The average molecular weight is 255 g/mol. The number of nitrogens with one attached hydrogen (secondary N) is 2. The first kappa shape index (κ1) is 13.8. The molecule has 0 unspecified atom stereocenters. The fourth-order valence-electron chi connectivity index (χ4n) is 2.67. The normalized spacial score (nSPS) is 23.4. The number of methoxy groups -OCH3 is 1. The van der Waals surface area contributed by atoms with E-state index in [2.05, 4.69) is 15.5 Å². The van der Waals surface area contributed by atoms with E-state index in [0.717, 1.165) is 52.1 Å². The minimum atomic E-state index is -0.154. The van der Waals surface area contributed by atoms with Gasteiger partial charge in [-0.3, -0.25) is 9.69 Å². The quantitative estimate of drug-likeness (QED) is 0.700. The summed E-state index contributed by atoms with van der Waals surface area (Å²) in [6.07, 6.45) is 3.75. The van der Waals surface area contributed by atoms with Crippen molar-refractivity contribution in [2.45, 2.75) is 31.3 Å². The second-order valence-electron chi connectivity index (χ2n) is 5.36. The zero-order valence-electron chi connectivity index (χ0n) is 11.3. The minimum Gasteiger partial charge on any atom is -0.378 e. The van der Waals surface area contributed by atoms with Crippen molar-refractivity contribution in [3.63, 3.8) is 0 Å². The van der Waals surface area contributed by atoms with Crippen molar-refractivity contribution in [1.29, 1.82) is 0 Å². The standard InChI is InChI=1S/C13H25N3O2/c1-18-13(3-2-4-13)11-12(17)15-7-10-16-8-5-14-6-9-16/h14H,2-11H2,1H3,(H,15,17). The van der Waals surface area contributed by atoms with E-state index in [1.54, 1.807) is 7.11 Å². The largest absolute Gasteiger partial charge is 0.378 e. The molecule has 5 nitrogen and oxygen atoms in total. The summed E-state index contributed by atoms with van der Waals surface area (Å²) in [6, 6.07) is 0. The van der Waals surface area contributed by atoms with Crippen LogP contribution in [0.3, 0.4) is 0 Å². The van der Waals surface area contributed by atoms with Gasteiger partial charge in [0.2, 0.25) is 5.91 Å². The van der Waals surface area contributed by atoms with E-state index < -0.39 is 0 Å². The Labute approximate surface area is 109 Å². The highest BCUT2D eigenvalue weighted by atomic mass is 16.5. The van der Waals surface area contributed by atoms with Crippen LogP contribution in [0.5, 0.6) is 0 Å². The van der Waals surface area contributed by atoms with Crippen LogP contribution in [-0.2, 0) is 9.53 Å². The maximum Gasteiger partial charge on any atom is 0.222 e. The molecule has 0 bridgehead atoms. The Hall–Kier alpha value is -0.650. The molecular formula is C13H25N3O2. The Morgan fingerprint density at radius 2 is 2.11 bits per heavy atom. The molecule has 2 rings (SSSR count). The molecule has 1 aliphatic heterocycles. The lowest BCUT2D eigenvalue weighted by Crippen LogP contribution is -2.47. The molecule has 0 atom stereocenters. The zero-order chi connectivity index (χ0) is 12.8. The van der Waals surface area contributed by atoms with Crippen LogP contribution < -0.4 is 10.6 Å². The van der Waals surface area contributed by atoms with Gasteiger partial charge in [0, 0.05) is 46.4 Å². The Bertz CT molecular complexity index is 268. The smallest absolute Gasteiger partial charge is 0.222 e. The summed E-state index contributed by atoms with van der Waals surface area (Å²) >= 11 is 0. The second kappa shape index (κ2) is 6.50. The van der Waals surface area contributed by atoms with Crippen molar-refractivity contribution < 1.29 is 9.53 Å². The van der Waals surface area contributed by atoms with Crippen molar-refractivity contribution in [2.75, 3.05) is 46.4 Å². The Morgan fingerprint density at radius 1 is 1.39 bits per heavy atom. The number of nitrogens with zero attached hydrogens (tertiary/aromatic N) is 1. The molecule has 18 heavy (non-hydrogen) atoms. The molecule has 0 aromatic rings. The summed E-state index contributed by atoms with van der Waals surface area (Å²) in [4.78, 5) is 14.2. The number of piperazine rings is 1. The molecule has 1 saturated heterocycles. The van der Waals surface area contributed by atoms with Gasteiger partial charge in [-0.15, -0.1) is 0 Å². The van der Waals surface area contributed by atoms with Crippen molar-refractivity contribution >= 4 is 5.91 Å². The van der Waals surface area contributed by atoms with Gasteiger partial charge < -0.3 is 15.4 Å². The summed E-state index contributed by atoms with van der Waals surface area (Å²) < 4.78 is 5.46. The van der Waals surface area contributed by atoms with Crippen molar-refractivity contribution in [3.05, 3.63) is 0 Å². The van der Waals surface area contributed by atoms with Crippen LogP contribution in [0.25, 0.3) is 0 Å². The van der Waals surface area contributed by atoms with Gasteiger partial charge in [0.05, 0.1) is 12.0 Å². The van der Waals surface area contributed by atoms with Gasteiger partial charge in [0.15, 0.2) is 0 Å². The average Bonchev–Trinajstić information content (AvgIpc) is 2.35. The Morgan fingerprint density at radius 3 is 2.67 bits per heavy atom. The number of carbonyl (C=O) groups excluding carboxylic acids is 1. The lowest BCUT2D eigenvalue weighted by atomic mass is 9.77. The fraction of sp³-hybridized carbons (Fsp3) is 0.923. The van der Waals surface area contributed by atoms with Gasteiger partial charge in [0.25, 0.3) is 0 Å². The van der Waals surface area contributed by atoms with Gasteiger partial charge in [-0.1, -0.05) is 0 Å². The van der Waals surface area contributed by atoms with Crippen molar-refractivity contribution in [1.82, 2.24) is 15.5 Å². The maximum absolute atomic E-state index is 11.8. The highest BCUT2D eigenvalue weighted by Crippen LogP contribution is 2.37. The van der Waals surface area contributed by atoms with E-state index in [1.807, 2.05) is 0 Å². The highest BCUT2D eigenvalue weighted by Gasteiger charge is 2.38. The molecular weight excluding hydrogens is 230 g/mol. The molecule has 2 fully saturated rings. The molecule has 2 aliphatic rings. The van der Waals surface area contributed by atoms with Gasteiger partial charge in [0.1, 0.15) is 0 Å². The fourth-order valence-corrected chi connectivity index (χ4v) is 2.67. The van der Waals surface area contributed by atoms with Crippen molar-refractivity contribution in [2.24, 2.45) is 0 Å². The number of carbonyl (C=O) groups is 1. The molecule has 0 radical (unpaired) electrons. The molecule has 5 heteroatoms. The topological polar surface area (TPSA) is 53.6 Å². The molecule has 0 aromatic heterocycles. The van der Waals surface area contributed by atoms with E-state index in [-0.39, 0.29) is 11.5 Å². The Balaban J connectivity index is 1.59. The van der Waals surface area contributed by atoms with Gasteiger partial charge in [-0.05, 0) is 19.3 Å². The predicted octanol–water partition coefficient (Wildman–Crippen LogP) is -0.0330. The van der Waals surface area contributed by atoms with Crippen LogP contribution in [-0.4, -0.2) is 62.8 Å². The van der Waals surface area contributed by atoms with Crippen molar-refractivity contribution in [3.8, 4) is 0 Å². The number of hydrogen-bond donors (Lipinski definition) is 2. The summed E-state index contributed by atoms with van der Waals surface area (Å²) in [5.74, 6) is 0.131. The lowest BCUT2D eigenvalue weighted by Gasteiger charge is -2.40. The van der Waals surface area contributed by atoms with Gasteiger partial charge >= 0.3 is 0 Å². The minimum absolute atomic E-state index is 0.131. The van der Waals surface area contributed by atoms with E-state index in [4.69, 9.17) is 4.74 Å². The highest BCUT2D eigenvalue weighted by molar-refractivity contribution is 5.77. The van der Waals surface area contributed by atoms with Crippen LogP contribution >= 0.6 is 0 Å². The lowest BCUT2D eigenvalue weighted by molar-refractivity contribution is -0.134. The zero-order valence-corrected chi connectivity index (χ0v) is 11.3.